The van der Waals surface area contributed by atoms with Gasteiger partial charge in [0, 0.05) is 0 Å². The standard InChI is InChI=1S/C18H13NO2/c1-11-16(18(20)21-19-11)17-14-8-4-2-6-12(14)10-13-7-3-5-9-15(13)17/h2-10,16H,1H3. The topological polar surface area (TPSA) is 38.7 Å². The fourth-order valence-electron chi connectivity index (χ4n) is 3.08. The van der Waals surface area contributed by atoms with Crippen molar-refractivity contribution in [1.82, 2.24) is 0 Å². The number of benzene rings is 3. The highest BCUT2D eigenvalue weighted by Crippen LogP contribution is 2.36. The number of carbonyl (C=O) groups is 1. The molecule has 0 saturated carbocycles. The van der Waals surface area contributed by atoms with Crippen LogP contribution < -0.4 is 0 Å². The van der Waals surface area contributed by atoms with E-state index >= 15 is 0 Å². The maximum atomic E-state index is 12.1. The first-order chi connectivity index (χ1) is 10.3. The quantitative estimate of drug-likeness (QED) is 0.497. The Morgan fingerprint density at radius 3 is 2.05 bits per heavy atom. The third-order valence-corrected chi connectivity index (χ3v) is 4.03. The molecule has 0 radical (unpaired) electrons. The van der Waals surface area contributed by atoms with E-state index in [2.05, 4.69) is 35.5 Å². The third kappa shape index (κ3) is 1.74. The van der Waals surface area contributed by atoms with Gasteiger partial charge in [-0.3, -0.25) is 0 Å². The molecule has 0 aromatic heterocycles. The summed E-state index contributed by atoms with van der Waals surface area (Å²) in [7, 11) is 0. The molecule has 0 bridgehead atoms. The molecule has 0 N–H and O–H groups in total. The van der Waals surface area contributed by atoms with E-state index in [1.807, 2.05) is 31.2 Å². The first-order valence-electron chi connectivity index (χ1n) is 6.91. The molecule has 1 atom stereocenters. The van der Waals surface area contributed by atoms with E-state index in [-0.39, 0.29) is 5.97 Å². The molecule has 0 saturated heterocycles. The van der Waals surface area contributed by atoms with Gasteiger partial charge in [0.25, 0.3) is 0 Å². The Bertz CT molecular complexity index is 857. The van der Waals surface area contributed by atoms with Crippen molar-refractivity contribution in [2.75, 3.05) is 0 Å². The molecule has 3 aromatic rings. The second-order valence-corrected chi connectivity index (χ2v) is 5.31. The molecule has 0 fully saturated rings. The highest BCUT2D eigenvalue weighted by Gasteiger charge is 2.33. The molecule has 0 spiro atoms. The molecule has 21 heavy (non-hydrogen) atoms. The Labute approximate surface area is 121 Å². The molecule has 1 aliphatic heterocycles. The van der Waals surface area contributed by atoms with Gasteiger partial charge in [0.05, 0.1) is 5.71 Å². The Hall–Kier alpha value is -2.68. The zero-order chi connectivity index (χ0) is 14.4. The minimum atomic E-state index is -0.416. The Kier molecular flexibility index (Phi) is 2.54. The van der Waals surface area contributed by atoms with Crippen LogP contribution in [0.15, 0.2) is 59.8 Å². The number of oxime groups is 1. The predicted octanol–water partition coefficient (Wildman–Crippen LogP) is 4.01. The molecule has 1 heterocycles. The molecule has 102 valence electrons. The minimum absolute atomic E-state index is 0.297. The zero-order valence-electron chi connectivity index (χ0n) is 11.5. The van der Waals surface area contributed by atoms with E-state index in [0.717, 1.165) is 27.1 Å². The Morgan fingerprint density at radius 2 is 1.52 bits per heavy atom. The summed E-state index contributed by atoms with van der Waals surface area (Å²) in [4.78, 5) is 17.0. The number of rotatable bonds is 1. The average Bonchev–Trinajstić information content (AvgIpc) is 2.84. The van der Waals surface area contributed by atoms with Crippen LogP contribution in [0.3, 0.4) is 0 Å². The van der Waals surface area contributed by atoms with Crippen molar-refractivity contribution in [3.63, 3.8) is 0 Å². The average molecular weight is 275 g/mol. The molecule has 0 aliphatic carbocycles. The van der Waals surface area contributed by atoms with Crippen molar-refractivity contribution >= 4 is 33.2 Å². The minimum Gasteiger partial charge on any atom is -0.317 e. The SMILES string of the molecule is CC1=NOC(=O)C1c1c2ccccc2cc2ccccc12. The van der Waals surface area contributed by atoms with E-state index in [0.29, 0.717) is 5.71 Å². The predicted molar refractivity (Wildman–Crippen MR) is 83.4 cm³/mol. The van der Waals surface area contributed by atoms with Crippen LogP contribution in [0.2, 0.25) is 0 Å². The number of carbonyl (C=O) groups excluding carboxylic acids is 1. The van der Waals surface area contributed by atoms with Crippen LogP contribution in [0.4, 0.5) is 0 Å². The van der Waals surface area contributed by atoms with Gasteiger partial charge in [0.2, 0.25) is 0 Å². The van der Waals surface area contributed by atoms with Gasteiger partial charge in [-0.25, -0.2) is 4.79 Å². The first-order valence-corrected chi connectivity index (χ1v) is 6.91. The van der Waals surface area contributed by atoms with Crippen molar-refractivity contribution in [3.05, 3.63) is 60.2 Å². The lowest BCUT2D eigenvalue weighted by Gasteiger charge is -2.15. The van der Waals surface area contributed by atoms with E-state index in [9.17, 15) is 4.79 Å². The van der Waals surface area contributed by atoms with E-state index in [4.69, 9.17) is 4.84 Å². The summed E-state index contributed by atoms with van der Waals surface area (Å²) in [5, 5.41) is 8.26. The summed E-state index contributed by atoms with van der Waals surface area (Å²) < 4.78 is 0. The van der Waals surface area contributed by atoms with Gasteiger partial charge in [0.1, 0.15) is 5.92 Å². The number of fused-ring (bicyclic) bond motifs is 2. The van der Waals surface area contributed by atoms with Gasteiger partial charge in [-0.05, 0) is 40.1 Å². The molecule has 0 amide bonds. The summed E-state index contributed by atoms with van der Waals surface area (Å²) in [6, 6.07) is 18.4. The molecule has 1 aliphatic rings. The maximum absolute atomic E-state index is 12.1. The summed E-state index contributed by atoms with van der Waals surface area (Å²) in [6.07, 6.45) is 0. The van der Waals surface area contributed by atoms with E-state index < -0.39 is 5.92 Å². The molecule has 3 nitrogen and oxygen atoms in total. The van der Waals surface area contributed by atoms with Gasteiger partial charge < -0.3 is 4.84 Å². The van der Waals surface area contributed by atoms with Crippen LogP contribution in [0.1, 0.15) is 18.4 Å². The van der Waals surface area contributed by atoms with Crippen LogP contribution in [-0.4, -0.2) is 11.7 Å². The van der Waals surface area contributed by atoms with Crippen molar-refractivity contribution < 1.29 is 9.63 Å². The van der Waals surface area contributed by atoms with Gasteiger partial charge in [-0.2, -0.15) is 0 Å². The second-order valence-electron chi connectivity index (χ2n) is 5.31. The summed E-state index contributed by atoms with van der Waals surface area (Å²) in [5.74, 6) is -0.713. The molecule has 1 unspecified atom stereocenters. The van der Waals surface area contributed by atoms with Crippen LogP contribution in [-0.2, 0) is 9.63 Å². The Balaban J connectivity index is 2.17. The summed E-state index contributed by atoms with van der Waals surface area (Å²) in [6.45, 7) is 1.84. The smallest absolute Gasteiger partial charge is 0.317 e. The van der Waals surface area contributed by atoms with Gasteiger partial charge >= 0.3 is 5.97 Å². The summed E-state index contributed by atoms with van der Waals surface area (Å²) in [5.41, 5.74) is 1.70. The van der Waals surface area contributed by atoms with Gasteiger partial charge in [-0.15, -0.1) is 0 Å². The molecule has 3 heteroatoms. The molecule has 3 aromatic carbocycles. The number of nitrogens with zero attached hydrogens (tertiary/aromatic N) is 1. The normalized spacial score (nSPS) is 18.0. The van der Waals surface area contributed by atoms with Crippen molar-refractivity contribution in [2.24, 2.45) is 5.16 Å². The molecule has 4 rings (SSSR count). The lowest BCUT2D eigenvalue weighted by molar-refractivity contribution is -0.141. The van der Waals surface area contributed by atoms with E-state index in [1.165, 1.54) is 0 Å². The highest BCUT2D eigenvalue weighted by molar-refractivity contribution is 6.16. The zero-order valence-corrected chi connectivity index (χ0v) is 11.5. The lowest BCUT2D eigenvalue weighted by atomic mass is 9.86. The largest absolute Gasteiger partial charge is 0.348 e. The summed E-state index contributed by atoms with van der Waals surface area (Å²) >= 11 is 0. The molecular formula is C18H13NO2. The number of hydrogen-bond acceptors (Lipinski definition) is 3. The first kappa shape index (κ1) is 12.1. The van der Waals surface area contributed by atoms with Crippen molar-refractivity contribution in [2.45, 2.75) is 12.8 Å². The van der Waals surface area contributed by atoms with Crippen molar-refractivity contribution in [3.8, 4) is 0 Å². The van der Waals surface area contributed by atoms with Crippen LogP contribution in [0, 0.1) is 0 Å². The van der Waals surface area contributed by atoms with Gasteiger partial charge in [0.15, 0.2) is 0 Å². The maximum Gasteiger partial charge on any atom is 0.348 e. The third-order valence-electron chi connectivity index (χ3n) is 4.03. The highest BCUT2D eigenvalue weighted by atomic mass is 16.7. The number of hydrogen-bond donors (Lipinski definition) is 0. The van der Waals surface area contributed by atoms with E-state index in [1.54, 1.807) is 0 Å². The Morgan fingerprint density at radius 1 is 0.952 bits per heavy atom. The van der Waals surface area contributed by atoms with Gasteiger partial charge in [-0.1, -0.05) is 53.7 Å². The fraction of sp³-hybridized carbons (Fsp3) is 0.111. The molecular weight excluding hydrogens is 262 g/mol. The van der Waals surface area contributed by atoms with Crippen LogP contribution >= 0.6 is 0 Å². The lowest BCUT2D eigenvalue weighted by Crippen LogP contribution is -2.14. The van der Waals surface area contributed by atoms with Crippen molar-refractivity contribution in [1.29, 1.82) is 0 Å². The van der Waals surface area contributed by atoms with Crippen LogP contribution in [0.25, 0.3) is 21.5 Å². The monoisotopic (exact) mass is 275 g/mol. The fourth-order valence-corrected chi connectivity index (χ4v) is 3.08. The van der Waals surface area contributed by atoms with Crippen LogP contribution in [0.5, 0.6) is 0 Å². The second kappa shape index (κ2) is 4.42.